The van der Waals surface area contributed by atoms with E-state index in [1.165, 1.54) is 6.07 Å². The van der Waals surface area contributed by atoms with Gasteiger partial charge in [0.2, 0.25) is 0 Å². The Balaban J connectivity index is 1.56. The number of hydrogen-bond acceptors (Lipinski definition) is 4. The van der Waals surface area contributed by atoms with Crippen LogP contribution in [0.5, 0.6) is 11.5 Å². The van der Waals surface area contributed by atoms with E-state index in [2.05, 4.69) is 17.1 Å². The molecule has 0 radical (unpaired) electrons. The fraction of sp³-hybridized carbons (Fsp3) is 0.241. The number of aromatic amines is 1. The van der Waals surface area contributed by atoms with Gasteiger partial charge in [-0.25, -0.2) is 0 Å². The number of aromatic nitrogens is 2. The molecule has 1 aromatic heterocycles. The van der Waals surface area contributed by atoms with E-state index in [0.29, 0.717) is 45.7 Å². The molecule has 3 aromatic carbocycles. The molecule has 0 bridgehead atoms. The lowest BCUT2D eigenvalue weighted by atomic mass is 9.95. The molecule has 6 nitrogen and oxygen atoms in total. The molecule has 190 valence electrons. The number of carbonyl (C=O) groups excluding carboxylic acids is 1. The Bertz CT molecular complexity index is 1420. The molecule has 0 saturated heterocycles. The van der Waals surface area contributed by atoms with Crippen molar-refractivity contribution in [3.05, 3.63) is 99.2 Å². The number of halogens is 2. The molecule has 0 saturated carbocycles. The van der Waals surface area contributed by atoms with Gasteiger partial charge in [-0.3, -0.25) is 9.89 Å². The molecule has 0 aliphatic carbocycles. The Morgan fingerprint density at radius 2 is 1.84 bits per heavy atom. The van der Waals surface area contributed by atoms with Crippen molar-refractivity contribution in [2.75, 3.05) is 6.61 Å². The number of ether oxygens (including phenoxy) is 1. The van der Waals surface area contributed by atoms with Crippen LogP contribution in [0.2, 0.25) is 10.0 Å². The molecule has 2 N–H and O–H groups in total. The van der Waals surface area contributed by atoms with Gasteiger partial charge in [0, 0.05) is 27.7 Å². The molecule has 1 unspecified atom stereocenters. The summed E-state index contributed by atoms with van der Waals surface area (Å²) in [6, 6.07) is 19.6. The second kappa shape index (κ2) is 10.9. The van der Waals surface area contributed by atoms with E-state index < -0.39 is 6.04 Å². The number of unbranched alkanes of at least 4 members (excludes halogenated alkanes) is 2. The fourth-order valence-electron chi connectivity index (χ4n) is 4.71. The maximum atomic E-state index is 13.7. The molecule has 1 atom stereocenters. The topological polar surface area (TPSA) is 78.5 Å². The number of hydrogen-bond donors (Lipinski definition) is 2. The third kappa shape index (κ3) is 5.04. The lowest BCUT2D eigenvalue weighted by molar-refractivity contribution is 0.0730. The molecule has 0 spiro atoms. The van der Waals surface area contributed by atoms with Crippen LogP contribution in [0, 0.1) is 0 Å². The Morgan fingerprint density at radius 3 is 2.59 bits per heavy atom. The Morgan fingerprint density at radius 1 is 1.05 bits per heavy atom. The summed E-state index contributed by atoms with van der Waals surface area (Å²) in [6.07, 6.45) is 3.27. The van der Waals surface area contributed by atoms with E-state index in [9.17, 15) is 9.90 Å². The van der Waals surface area contributed by atoms with Crippen LogP contribution in [0.3, 0.4) is 0 Å². The number of carbonyl (C=O) groups is 1. The van der Waals surface area contributed by atoms with Gasteiger partial charge in [-0.05, 0) is 53.9 Å². The zero-order chi connectivity index (χ0) is 25.9. The SMILES string of the molecule is CCCCCOc1ccc(C2c3c(-c4cc(Cl)ccc4O)n[nH]c3C(=O)N2Cc2ccccc2Cl)cc1. The summed E-state index contributed by atoms with van der Waals surface area (Å²) in [5, 5.41) is 19.0. The van der Waals surface area contributed by atoms with E-state index in [-0.39, 0.29) is 11.7 Å². The zero-order valence-electron chi connectivity index (χ0n) is 20.4. The van der Waals surface area contributed by atoms with E-state index in [1.807, 2.05) is 48.5 Å². The molecule has 37 heavy (non-hydrogen) atoms. The summed E-state index contributed by atoms with van der Waals surface area (Å²) >= 11 is 12.7. The second-order valence-electron chi connectivity index (χ2n) is 9.07. The molecule has 8 heteroatoms. The van der Waals surface area contributed by atoms with E-state index in [4.69, 9.17) is 27.9 Å². The third-order valence-corrected chi connectivity index (χ3v) is 7.19. The molecule has 5 rings (SSSR count). The summed E-state index contributed by atoms with van der Waals surface area (Å²) in [4.78, 5) is 15.4. The van der Waals surface area contributed by atoms with Crippen LogP contribution in [0.1, 0.15) is 59.4 Å². The zero-order valence-corrected chi connectivity index (χ0v) is 21.9. The van der Waals surface area contributed by atoms with Crippen molar-refractivity contribution >= 4 is 29.1 Å². The largest absolute Gasteiger partial charge is 0.507 e. The number of nitrogens with one attached hydrogen (secondary N) is 1. The number of amides is 1. The maximum absolute atomic E-state index is 13.7. The summed E-state index contributed by atoms with van der Waals surface area (Å²) in [5.74, 6) is 0.618. The van der Waals surface area contributed by atoms with Gasteiger partial charge in [-0.2, -0.15) is 5.10 Å². The number of phenolic OH excluding ortho intramolecular Hbond substituents is 1. The lowest BCUT2D eigenvalue weighted by Crippen LogP contribution is -2.29. The van der Waals surface area contributed by atoms with E-state index in [1.54, 1.807) is 17.0 Å². The monoisotopic (exact) mass is 535 g/mol. The normalized spacial score (nSPS) is 14.7. The van der Waals surface area contributed by atoms with E-state index >= 15 is 0 Å². The van der Waals surface area contributed by atoms with Gasteiger partial charge in [0.15, 0.2) is 0 Å². The number of benzene rings is 3. The van der Waals surface area contributed by atoms with Crippen LogP contribution in [-0.4, -0.2) is 32.7 Å². The highest BCUT2D eigenvalue weighted by molar-refractivity contribution is 6.31. The van der Waals surface area contributed by atoms with Crippen LogP contribution < -0.4 is 4.74 Å². The summed E-state index contributed by atoms with van der Waals surface area (Å²) in [6.45, 7) is 3.13. The number of phenols is 1. The predicted molar refractivity (Wildman–Crippen MR) is 145 cm³/mol. The molecule has 0 fully saturated rings. The molecular weight excluding hydrogens is 509 g/mol. The van der Waals surface area contributed by atoms with Gasteiger partial charge in [-0.1, -0.05) is 73.3 Å². The molecule has 1 aliphatic heterocycles. The first-order chi connectivity index (χ1) is 18.0. The van der Waals surface area contributed by atoms with Crippen molar-refractivity contribution in [1.82, 2.24) is 15.1 Å². The Labute approximate surface area is 225 Å². The predicted octanol–water partition coefficient (Wildman–Crippen LogP) is 7.40. The minimum absolute atomic E-state index is 0.0327. The minimum Gasteiger partial charge on any atom is -0.507 e. The molecule has 4 aromatic rings. The maximum Gasteiger partial charge on any atom is 0.273 e. The Kier molecular flexibility index (Phi) is 7.40. The van der Waals surface area contributed by atoms with Gasteiger partial charge in [0.05, 0.1) is 12.6 Å². The van der Waals surface area contributed by atoms with Gasteiger partial charge >= 0.3 is 0 Å². The quantitative estimate of drug-likeness (QED) is 0.219. The van der Waals surface area contributed by atoms with Crippen molar-refractivity contribution in [2.24, 2.45) is 0 Å². The fourth-order valence-corrected chi connectivity index (χ4v) is 5.08. The van der Waals surface area contributed by atoms with Crippen molar-refractivity contribution in [1.29, 1.82) is 0 Å². The summed E-state index contributed by atoms with van der Waals surface area (Å²) < 4.78 is 5.90. The first-order valence-electron chi connectivity index (χ1n) is 12.3. The number of rotatable bonds is 9. The van der Waals surface area contributed by atoms with Crippen molar-refractivity contribution in [3.63, 3.8) is 0 Å². The van der Waals surface area contributed by atoms with Crippen molar-refractivity contribution in [3.8, 4) is 22.8 Å². The third-order valence-electron chi connectivity index (χ3n) is 6.59. The summed E-state index contributed by atoms with van der Waals surface area (Å²) in [5.41, 5.74) is 3.73. The lowest BCUT2D eigenvalue weighted by Gasteiger charge is -2.27. The van der Waals surface area contributed by atoms with Gasteiger partial charge in [-0.15, -0.1) is 0 Å². The van der Waals surface area contributed by atoms with Gasteiger partial charge in [0.25, 0.3) is 5.91 Å². The average molecular weight is 536 g/mol. The van der Waals surface area contributed by atoms with E-state index in [0.717, 1.165) is 36.1 Å². The molecule has 1 aliphatic rings. The number of fused-ring (bicyclic) bond motifs is 1. The van der Waals surface area contributed by atoms with Crippen molar-refractivity contribution < 1.29 is 14.6 Å². The molecule has 1 amide bonds. The highest BCUT2D eigenvalue weighted by Gasteiger charge is 2.42. The van der Waals surface area contributed by atoms with Crippen molar-refractivity contribution in [2.45, 2.75) is 38.8 Å². The first kappa shape index (κ1) is 25.2. The first-order valence-corrected chi connectivity index (χ1v) is 13.1. The van der Waals surface area contributed by atoms with Crippen LogP contribution in [0.15, 0.2) is 66.7 Å². The highest BCUT2D eigenvalue weighted by Crippen LogP contribution is 2.46. The van der Waals surface area contributed by atoms with Crippen LogP contribution >= 0.6 is 23.2 Å². The molecular formula is C29H27Cl2N3O3. The highest BCUT2D eigenvalue weighted by atomic mass is 35.5. The standard InChI is InChI=1S/C29H27Cl2N3O3/c1-2-3-6-15-37-21-12-9-18(10-13-21)28-25-26(22-16-20(30)11-14-24(22)35)32-33-27(25)29(36)34(28)17-19-7-4-5-8-23(19)31/h4-5,7-14,16,28,35H,2-3,6,15,17H2,1H3,(H,32,33). The number of nitrogens with zero attached hydrogens (tertiary/aromatic N) is 2. The van der Waals surface area contributed by atoms with Crippen LogP contribution in [0.25, 0.3) is 11.3 Å². The Hall–Kier alpha value is -3.48. The smallest absolute Gasteiger partial charge is 0.273 e. The van der Waals surface area contributed by atoms with Gasteiger partial charge in [0.1, 0.15) is 22.9 Å². The van der Waals surface area contributed by atoms with Gasteiger partial charge < -0.3 is 14.7 Å². The molecule has 2 heterocycles. The number of aromatic hydroxyl groups is 1. The second-order valence-corrected chi connectivity index (χ2v) is 9.92. The minimum atomic E-state index is -0.458. The summed E-state index contributed by atoms with van der Waals surface area (Å²) in [7, 11) is 0. The number of H-pyrrole nitrogens is 1. The van der Waals surface area contributed by atoms with Crippen LogP contribution in [0.4, 0.5) is 0 Å². The average Bonchev–Trinajstić information content (AvgIpc) is 3.44. The van der Waals surface area contributed by atoms with Crippen LogP contribution in [-0.2, 0) is 6.54 Å².